The van der Waals surface area contributed by atoms with Gasteiger partial charge in [0.2, 0.25) is 0 Å². The Kier molecular flexibility index (Phi) is 6.28. The van der Waals surface area contributed by atoms with Crippen LogP contribution < -0.4 is 5.73 Å². The van der Waals surface area contributed by atoms with E-state index in [1.807, 2.05) is 20.8 Å². The zero-order chi connectivity index (χ0) is 16.2. The van der Waals surface area contributed by atoms with Crippen molar-refractivity contribution < 1.29 is 13.6 Å². The fourth-order valence-corrected chi connectivity index (χ4v) is 2.41. The quantitative estimate of drug-likeness (QED) is 0.840. The molecule has 0 bridgehead atoms. The number of hydrogen-bond donors (Lipinski definition) is 1. The summed E-state index contributed by atoms with van der Waals surface area (Å²) in [6, 6.07) is 2.18. The van der Waals surface area contributed by atoms with Gasteiger partial charge >= 0.3 is 0 Å². The van der Waals surface area contributed by atoms with Crippen LogP contribution in [0.2, 0.25) is 0 Å². The number of amides is 1. The first-order valence-electron chi connectivity index (χ1n) is 6.85. The molecule has 1 aromatic rings. The molecule has 118 valence electrons. The normalized spacial score (nSPS) is 11.6. The molecule has 6 heteroatoms. The lowest BCUT2D eigenvalue weighted by molar-refractivity contribution is 0.0679. The van der Waals surface area contributed by atoms with Crippen molar-refractivity contribution in [1.82, 2.24) is 4.90 Å². The van der Waals surface area contributed by atoms with Crippen LogP contribution in [0.4, 0.5) is 8.78 Å². The third kappa shape index (κ3) is 4.74. The summed E-state index contributed by atoms with van der Waals surface area (Å²) in [6.07, 6.45) is 0.701. The first-order chi connectivity index (χ1) is 9.71. The Bertz CT molecular complexity index is 497. The van der Waals surface area contributed by atoms with Crippen LogP contribution in [-0.4, -0.2) is 30.4 Å². The van der Waals surface area contributed by atoms with E-state index in [4.69, 9.17) is 5.73 Å². The Hall–Kier alpha value is -1.01. The molecule has 0 heterocycles. The molecule has 0 radical (unpaired) electrons. The van der Waals surface area contributed by atoms with E-state index in [0.29, 0.717) is 26.1 Å². The largest absolute Gasteiger partial charge is 0.338 e. The number of hydrogen-bond acceptors (Lipinski definition) is 2. The summed E-state index contributed by atoms with van der Waals surface area (Å²) in [5, 5.41) is 0. The molecule has 1 aromatic carbocycles. The highest BCUT2D eigenvalue weighted by atomic mass is 79.9. The van der Waals surface area contributed by atoms with Crippen LogP contribution in [0.15, 0.2) is 16.6 Å². The molecule has 0 spiro atoms. The number of carbonyl (C=O) groups is 1. The Balaban J connectivity index is 3.12. The van der Waals surface area contributed by atoms with Gasteiger partial charge in [-0.2, -0.15) is 0 Å². The first-order valence-corrected chi connectivity index (χ1v) is 7.65. The van der Waals surface area contributed by atoms with Gasteiger partial charge < -0.3 is 10.6 Å². The highest BCUT2D eigenvalue weighted by molar-refractivity contribution is 9.10. The molecule has 0 atom stereocenters. The lowest BCUT2D eigenvalue weighted by Gasteiger charge is -2.32. The van der Waals surface area contributed by atoms with Gasteiger partial charge in [0, 0.05) is 17.6 Å². The van der Waals surface area contributed by atoms with Crippen molar-refractivity contribution in [2.75, 3.05) is 19.6 Å². The fourth-order valence-electron chi connectivity index (χ4n) is 2.01. The molecule has 2 N–H and O–H groups in total. The SMILES string of the molecule is CCCN(CC(C)(C)CN)C(=O)c1c(F)cc(Br)cc1F. The van der Waals surface area contributed by atoms with Crippen LogP contribution >= 0.6 is 15.9 Å². The monoisotopic (exact) mass is 362 g/mol. The molecule has 0 aliphatic carbocycles. The molecule has 0 aliphatic heterocycles. The van der Waals surface area contributed by atoms with Crippen molar-refractivity contribution in [3.8, 4) is 0 Å². The second-order valence-corrected chi connectivity index (χ2v) is 6.76. The zero-order valence-electron chi connectivity index (χ0n) is 12.5. The van der Waals surface area contributed by atoms with Crippen molar-refractivity contribution in [3.05, 3.63) is 33.8 Å². The van der Waals surface area contributed by atoms with E-state index in [9.17, 15) is 13.6 Å². The van der Waals surface area contributed by atoms with Crippen molar-refractivity contribution in [2.24, 2.45) is 11.1 Å². The van der Waals surface area contributed by atoms with E-state index in [-0.39, 0.29) is 9.89 Å². The van der Waals surface area contributed by atoms with Gasteiger partial charge in [-0.15, -0.1) is 0 Å². The summed E-state index contributed by atoms with van der Waals surface area (Å²) in [6.45, 7) is 6.90. The van der Waals surface area contributed by atoms with Gasteiger partial charge in [-0.25, -0.2) is 8.78 Å². The van der Waals surface area contributed by atoms with Gasteiger partial charge in [0.25, 0.3) is 5.91 Å². The van der Waals surface area contributed by atoms with Crippen molar-refractivity contribution in [2.45, 2.75) is 27.2 Å². The van der Waals surface area contributed by atoms with E-state index in [0.717, 1.165) is 12.1 Å². The average Bonchev–Trinajstić information content (AvgIpc) is 2.36. The van der Waals surface area contributed by atoms with E-state index in [2.05, 4.69) is 15.9 Å². The number of benzene rings is 1. The summed E-state index contributed by atoms with van der Waals surface area (Å²) < 4.78 is 28.1. The molecule has 0 unspecified atom stereocenters. The van der Waals surface area contributed by atoms with E-state index >= 15 is 0 Å². The van der Waals surface area contributed by atoms with E-state index in [1.165, 1.54) is 4.90 Å². The highest BCUT2D eigenvalue weighted by Gasteiger charge is 2.28. The summed E-state index contributed by atoms with van der Waals surface area (Å²) >= 11 is 3.00. The second-order valence-electron chi connectivity index (χ2n) is 5.84. The Morgan fingerprint density at radius 1 is 1.33 bits per heavy atom. The smallest absolute Gasteiger partial charge is 0.259 e. The van der Waals surface area contributed by atoms with Gasteiger partial charge in [-0.3, -0.25) is 4.79 Å². The van der Waals surface area contributed by atoms with E-state index in [1.54, 1.807) is 0 Å². The maximum absolute atomic E-state index is 13.9. The first kappa shape index (κ1) is 18.0. The van der Waals surface area contributed by atoms with Crippen LogP contribution in [0.3, 0.4) is 0 Å². The van der Waals surface area contributed by atoms with Crippen molar-refractivity contribution in [3.63, 3.8) is 0 Å². The lowest BCUT2D eigenvalue weighted by atomic mass is 9.92. The number of halogens is 3. The number of rotatable bonds is 6. The van der Waals surface area contributed by atoms with Crippen LogP contribution in [0.25, 0.3) is 0 Å². The van der Waals surface area contributed by atoms with Crippen LogP contribution in [-0.2, 0) is 0 Å². The van der Waals surface area contributed by atoms with Crippen LogP contribution in [0.1, 0.15) is 37.6 Å². The van der Waals surface area contributed by atoms with Gasteiger partial charge in [-0.05, 0) is 30.5 Å². The Morgan fingerprint density at radius 2 is 1.86 bits per heavy atom. The third-order valence-corrected chi connectivity index (χ3v) is 3.63. The fraction of sp³-hybridized carbons (Fsp3) is 0.533. The molecule has 21 heavy (non-hydrogen) atoms. The predicted molar refractivity (Wildman–Crippen MR) is 83.1 cm³/mol. The minimum Gasteiger partial charge on any atom is -0.338 e. The minimum atomic E-state index is -0.862. The van der Waals surface area contributed by atoms with Crippen molar-refractivity contribution in [1.29, 1.82) is 0 Å². The Labute approximate surface area is 132 Å². The molecule has 0 aliphatic rings. The second kappa shape index (κ2) is 7.31. The molecule has 0 aromatic heterocycles. The summed E-state index contributed by atoms with van der Waals surface area (Å²) in [4.78, 5) is 13.9. The van der Waals surface area contributed by atoms with Gasteiger partial charge in [0.1, 0.15) is 17.2 Å². The predicted octanol–water partition coefficient (Wildman–Crippen LogP) is 3.56. The minimum absolute atomic E-state index is 0.262. The van der Waals surface area contributed by atoms with Gasteiger partial charge in [0.05, 0.1) is 0 Å². The average molecular weight is 363 g/mol. The molecule has 1 rings (SSSR count). The molecular formula is C15H21BrF2N2O. The van der Waals surface area contributed by atoms with Gasteiger partial charge in [-0.1, -0.05) is 36.7 Å². The maximum atomic E-state index is 13.9. The molecular weight excluding hydrogens is 342 g/mol. The number of nitrogens with zero attached hydrogens (tertiary/aromatic N) is 1. The topological polar surface area (TPSA) is 46.3 Å². The maximum Gasteiger partial charge on any atom is 0.259 e. The summed E-state index contributed by atoms with van der Waals surface area (Å²) in [5.74, 6) is -2.36. The third-order valence-electron chi connectivity index (χ3n) is 3.17. The van der Waals surface area contributed by atoms with E-state index < -0.39 is 23.1 Å². The van der Waals surface area contributed by atoms with Crippen molar-refractivity contribution >= 4 is 21.8 Å². The summed E-state index contributed by atoms with van der Waals surface area (Å²) in [7, 11) is 0. The zero-order valence-corrected chi connectivity index (χ0v) is 14.1. The molecule has 0 saturated carbocycles. The summed E-state index contributed by atoms with van der Waals surface area (Å²) in [5.41, 5.74) is 4.85. The molecule has 1 amide bonds. The lowest BCUT2D eigenvalue weighted by Crippen LogP contribution is -2.43. The number of nitrogens with two attached hydrogens (primary N) is 1. The molecule has 0 saturated heterocycles. The standard InChI is InChI=1S/C15H21BrF2N2O/c1-4-5-20(9-15(2,3)8-19)14(21)13-11(17)6-10(16)7-12(13)18/h6-7H,4-5,8-9,19H2,1-3H3. The molecule has 0 fully saturated rings. The van der Waals surface area contributed by atoms with Crippen LogP contribution in [0.5, 0.6) is 0 Å². The number of carbonyl (C=O) groups excluding carboxylic acids is 1. The Morgan fingerprint density at radius 3 is 2.29 bits per heavy atom. The molecule has 3 nitrogen and oxygen atoms in total. The highest BCUT2D eigenvalue weighted by Crippen LogP contribution is 2.23. The van der Waals surface area contributed by atoms with Crippen LogP contribution in [0, 0.1) is 17.0 Å². The van der Waals surface area contributed by atoms with Gasteiger partial charge in [0.15, 0.2) is 0 Å².